The molecule has 1 amide bonds. The second-order valence-electron chi connectivity index (χ2n) is 4.18. The van der Waals surface area contributed by atoms with Gasteiger partial charge in [-0.3, -0.25) is 4.79 Å². The number of amides is 1. The molecule has 100 valence electrons. The van der Waals surface area contributed by atoms with Gasteiger partial charge in [-0.05, 0) is 30.5 Å². The number of hydrogen-bond acceptors (Lipinski definition) is 3. The Morgan fingerprint density at radius 1 is 1.33 bits per heavy atom. The Labute approximate surface area is 108 Å². The maximum absolute atomic E-state index is 11.7. The number of rotatable bonds is 7. The molecule has 0 fully saturated rings. The van der Waals surface area contributed by atoms with Crippen molar-refractivity contribution in [1.29, 1.82) is 0 Å². The van der Waals surface area contributed by atoms with Crippen molar-refractivity contribution < 1.29 is 14.3 Å². The number of carbonyl (C=O) groups excluding carboxylic acids is 1. The number of ether oxygens (including phenoxy) is 2. The Hall–Kier alpha value is -1.55. The van der Waals surface area contributed by atoms with Gasteiger partial charge in [0.05, 0.1) is 13.5 Å². The normalized spacial score (nSPS) is 10.2. The molecule has 0 atom stereocenters. The SMILES string of the molecule is COCCCNC(=O)Cc1ccc(C)c(OC)c1. The van der Waals surface area contributed by atoms with Crippen LogP contribution in [0.4, 0.5) is 0 Å². The average Bonchev–Trinajstić information content (AvgIpc) is 2.37. The quantitative estimate of drug-likeness (QED) is 0.750. The van der Waals surface area contributed by atoms with Crippen molar-refractivity contribution >= 4 is 5.91 Å². The van der Waals surface area contributed by atoms with Crippen LogP contribution in [0.25, 0.3) is 0 Å². The van der Waals surface area contributed by atoms with E-state index in [0.717, 1.165) is 23.3 Å². The summed E-state index contributed by atoms with van der Waals surface area (Å²) in [5.41, 5.74) is 2.03. The standard InChI is InChI=1S/C14H21NO3/c1-11-5-6-12(9-13(11)18-3)10-14(16)15-7-4-8-17-2/h5-6,9H,4,7-8,10H2,1-3H3,(H,15,16). The van der Waals surface area contributed by atoms with Crippen LogP contribution in [0.5, 0.6) is 5.75 Å². The Morgan fingerprint density at radius 3 is 2.78 bits per heavy atom. The molecule has 0 spiro atoms. The Bertz CT molecular complexity index is 391. The second kappa shape index (κ2) is 7.71. The summed E-state index contributed by atoms with van der Waals surface area (Å²) in [6.45, 7) is 3.29. The van der Waals surface area contributed by atoms with Crippen molar-refractivity contribution in [1.82, 2.24) is 5.32 Å². The van der Waals surface area contributed by atoms with Crippen LogP contribution < -0.4 is 10.1 Å². The van der Waals surface area contributed by atoms with Gasteiger partial charge in [0.1, 0.15) is 5.75 Å². The average molecular weight is 251 g/mol. The molecule has 0 aliphatic rings. The van der Waals surface area contributed by atoms with Crippen molar-refractivity contribution in [2.75, 3.05) is 27.4 Å². The molecule has 0 bridgehead atoms. The molecule has 0 radical (unpaired) electrons. The van der Waals surface area contributed by atoms with E-state index < -0.39 is 0 Å². The Kier molecular flexibility index (Phi) is 6.22. The van der Waals surface area contributed by atoms with Crippen molar-refractivity contribution in [3.05, 3.63) is 29.3 Å². The van der Waals surface area contributed by atoms with Crippen molar-refractivity contribution in [2.24, 2.45) is 0 Å². The van der Waals surface area contributed by atoms with E-state index in [1.54, 1.807) is 14.2 Å². The number of aryl methyl sites for hydroxylation is 1. The summed E-state index contributed by atoms with van der Waals surface area (Å²) in [5, 5.41) is 2.86. The molecule has 0 aliphatic heterocycles. The van der Waals surface area contributed by atoms with Crippen LogP contribution in [0, 0.1) is 6.92 Å². The van der Waals surface area contributed by atoms with Crippen LogP contribution in [0.15, 0.2) is 18.2 Å². The fourth-order valence-electron chi connectivity index (χ4n) is 1.67. The lowest BCUT2D eigenvalue weighted by Crippen LogP contribution is -2.26. The van der Waals surface area contributed by atoms with Gasteiger partial charge in [-0.2, -0.15) is 0 Å². The third-order valence-corrected chi connectivity index (χ3v) is 2.68. The molecule has 0 aromatic heterocycles. The van der Waals surface area contributed by atoms with Crippen molar-refractivity contribution in [2.45, 2.75) is 19.8 Å². The number of nitrogens with one attached hydrogen (secondary N) is 1. The van der Waals surface area contributed by atoms with Crippen LogP contribution in [0.1, 0.15) is 17.5 Å². The first-order valence-corrected chi connectivity index (χ1v) is 6.06. The molecule has 0 aliphatic carbocycles. The highest BCUT2D eigenvalue weighted by Crippen LogP contribution is 2.19. The van der Waals surface area contributed by atoms with Gasteiger partial charge in [0.25, 0.3) is 0 Å². The molecule has 0 unspecified atom stereocenters. The summed E-state index contributed by atoms with van der Waals surface area (Å²) < 4.78 is 10.1. The molecule has 4 heteroatoms. The zero-order valence-corrected chi connectivity index (χ0v) is 11.3. The van der Waals surface area contributed by atoms with Gasteiger partial charge in [-0.15, -0.1) is 0 Å². The van der Waals surface area contributed by atoms with Crippen LogP contribution in [-0.2, 0) is 16.0 Å². The van der Waals surface area contributed by atoms with Crippen LogP contribution in [0.3, 0.4) is 0 Å². The van der Waals surface area contributed by atoms with E-state index in [4.69, 9.17) is 9.47 Å². The Balaban J connectivity index is 2.44. The van der Waals surface area contributed by atoms with E-state index in [1.807, 2.05) is 25.1 Å². The van der Waals surface area contributed by atoms with E-state index >= 15 is 0 Å². The summed E-state index contributed by atoms with van der Waals surface area (Å²) >= 11 is 0. The molecule has 1 aromatic rings. The fraction of sp³-hybridized carbons (Fsp3) is 0.500. The van der Waals surface area contributed by atoms with Crippen LogP contribution >= 0.6 is 0 Å². The first kappa shape index (κ1) is 14.5. The summed E-state index contributed by atoms with van der Waals surface area (Å²) in [6.07, 6.45) is 1.21. The summed E-state index contributed by atoms with van der Waals surface area (Å²) in [4.78, 5) is 11.7. The lowest BCUT2D eigenvalue weighted by atomic mass is 10.1. The molecule has 1 rings (SSSR count). The lowest BCUT2D eigenvalue weighted by Gasteiger charge is -2.08. The number of carbonyl (C=O) groups is 1. The molecule has 0 saturated carbocycles. The molecule has 4 nitrogen and oxygen atoms in total. The van der Waals surface area contributed by atoms with E-state index in [9.17, 15) is 4.79 Å². The molecule has 18 heavy (non-hydrogen) atoms. The molecule has 1 aromatic carbocycles. The number of hydrogen-bond donors (Lipinski definition) is 1. The van der Waals surface area contributed by atoms with Crippen LogP contribution in [0.2, 0.25) is 0 Å². The van der Waals surface area contributed by atoms with E-state index in [0.29, 0.717) is 19.6 Å². The molecular weight excluding hydrogens is 230 g/mol. The van der Waals surface area contributed by atoms with Crippen LogP contribution in [-0.4, -0.2) is 33.3 Å². The van der Waals surface area contributed by atoms with Gasteiger partial charge in [0.15, 0.2) is 0 Å². The predicted molar refractivity (Wildman–Crippen MR) is 70.9 cm³/mol. The molecule has 1 N–H and O–H groups in total. The van der Waals surface area contributed by atoms with E-state index in [-0.39, 0.29) is 5.91 Å². The Morgan fingerprint density at radius 2 is 2.11 bits per heavy atom. The van der Waals surface area contributed by atoms with E-state index in [2.05, 4.69) is 5.32 Å². The van der Waals surface area contributed by atoms with Gasteiger partial charge < -0.3 is 14.8 Å². The first-order valence-electron chi connectivity index (χ1n) is 6.06. The molecule has 0 saturated heterocycles. The first-order chi connectivity index (χ1) is 8.67. The van der Waals surface area contributed by atoms with Gasteiger partial charge in [-0.1, -0.05) is 12.1 Å². The highest BCUT2D eigenvalue weighted by Gasteiger charge is 2.05. The third kappa shape index (κ3) is 4.75. The second-order valence-corrected chi connectivity index (χ2v) is 4.18. The zero-order chi connectivity index (χ0) is 13.4. The van der Waals surface area contributed by atoms with Gasteiger partial charge in [0, 0.05) is 20.3 Å². The fourth-order valence-corrected chi connectivity index (χ4v) is 1.67. The monoisotopic (exact) mass is 251 g/mol. The number of methoxy groups -OCH3 is 2. The smallest absolute Gasteiger partial charge is 0.224 e. The maximum Gasteiger partial charge on any atom is 0.224 e. The maximum atomic E-state index is 11.7. The highest BCUT2D eigenvalue weighted by atomic mass is 16.5. The molecular formula is C14H21NO3. The summed E-state index contributed by atoms with van der Waals surface area (Å²) in [7, 11) is 3.29. The van der Waals surface area contributed by atoms with Gasteiger partial charge in [-0.25, -0.2) is 0 Å². The summed E-state index contributed by atoms with van der Waals surface area (Å²) in [5.74, 6) is 0.844. The third-order valence-electron chi connectivity index (χ3n) is 2.68. The largest absolute Gasteiger partial charge is 0.496 e. The van der Waals surface area contributed by atoms with E-state index in [1.165, 1.54) is 0 Å². The summed E-state index contributed by atoms with van der Waals surface area (Å²) in [6, 6.07) is 5.82. The van der Waals surface area contributed by atoms with Gasteiger partial charge in [0.2, 0.25) is 5.91 Å². The topological polar surface area (TPSA) is 47.6 Å². The number of benzene rings is 1. The minimum Gasteiger partial charge on any atom is -0.496 e. The molecule has 0 heterocycles. The highest BCUT2D eigenvalue weighted by molar-refractivity contribution is 5.78. The van der Waals surface area contributed by atoms with Gasteiger partial charge >= 0.3 is 0 Å². The van der Waals surface area contributed by atoms with Crippen molar-refractivity contribution in [3.8, 4) is 5.75 Å². The van der Waals surface area contributed by atoms with Crippen molar-refractivity contribution in [3.63, 3.8) is 0 Å². The minimum atomic E-state index is 0.0250. The predicted octanol–water partition coefficient (Wildman–Crippen LogP) is 1.70. The zero-order valence-electron chi connectivity index (χ0n) is 11.3. The lowest BCUT2D eigenvalue weighted by molar-refractivity contribution is -0.120. The minimum absolute atomic E-state index is 0.0250.